The zero-order valence-electron chi connectivity index (χ0n) is 10.1. The fraction of sp³-hybridized carbons (Fsp3) is 0.214. The van der Waals surface area contributed by atoms with Gasteiger partial charge < -0.3 is 13.9 Å². The maximum absolute atomic E-state index is 10.7. The van der Waals surface area contributed by atoms with Crippen LogP contribution in [-0.4, -0.2) is 13.4 Å². The van der Waals surface area contributed by atoms with Crippen molar-refractivity contribution in [3.63, 3.8) is 0 Å². The molecule has 0 aliphatic heterocycles. The van der Waals surface area contributed by atoms with Crippen molar-refractivity contribution in [1.29, 1.82) is 0 Å². The average molecular weight is 246 g/mol. The third kappa shape index (κ3) is 2.99. The summed E-state index contributed by atoms with van der Waals surface area (Å²) in [7, 11) is 1.59. The van der Waals surface area contributed by atoms with Crippen LogP contribution < -0.4 is 4.74 Å². The number of benzene rings is 1. The van der Waals surface area contributed by atoms with E-state index >= 15 is 0 Å². The second-order valence-corrected chi connectivity index (χ2v) is 3.76. The summed E-state index contributed by atoms with van der Waals surface area (Å²) in [5, 5.41) is 0. The molecule has 0 unspecified atom stereocenters. The molecule has 94 valence electrons. The topological polar surface area (TPSA) is 48.7 Å². The SMILES string of the molecule is COc1ccc(C=O)cc1COCc1ccco1. The molecule has 0 aliphatic rings. The Hall–Kier alpha value is -2.07. The predicted molar refractivity (Wildman–Crippen MR) is 65.6 cm³/mol. The van der Waals surface area contributed by atoms with Crippen molar-refractivity contribution in [3.8, 4) is 5.75 Å². The second-order valence-electron chi connectivity index (χ2n) is 3.76. The van der Waals surface area contributed by atoms with Crippen LogP contribution in [0.4, 0.5) is 0 Å². The van der Waals surface area contributed by atoms with Crippen LogP contribution in [0.2, 0.25) is 0 Å². The molecule has 0 fully saturated rings. The Labute approximate surface area is 105 Å². The third-order valence-electron chi connectivity index (χ3n) is 2.52. The summed E-state index contributed by atoms with van der Waals surface area (Å²) in [5.41, 5.74) is 1.45. The van der Waals surface area contributed by atoms with Crippen LogP contribution in [0.15, 0.2) is 41.0 Å². The van der Waals surface area contributed by atoms with E-state index in [0.29, 0.717) is 24.5 Å². The Balaban J connectivity index is 2.00. The van der Waals surface area contributed by atoms with Gasteiger partial charge in [-0.15, -0.1) is 0 Å². The molecule has 2 rings (SSSR count). The molecule has 4 nitrogen and oxygen atoms in total. The average Bonchev–Trinajstić information content (AvgIpc) is 2.92. The summed E-state index contributed by atoms with van der Waals surface area (Å²) in [6.07, 6.45) is 2.40. The molecular weight excluding hydrogens is 232 g/mol. The minimum atomic E-state index is 0.367. The number of rotatable bonds is 6. The van der Waals surface area contributed by atoms with Gasteiger partial charge in [-0.1, -0.05) is 0 Å². The molecule has 0 spiro atoms. The van der Waals surface area contributed by atoms with Gasteiger partial charge >= 0.3 is 0 Å². The number of hydrogen-bond donors (Lipinski definition) is 0. The van der Waals surface area contributed by atoms with E-state index in [2.05, 4.69) is 0 Å². The number of hydrogen-bond acceptors (Lipinski definition) is 4. The monoisotopic (exact) mass is 246 g/mol. The summed E-state index contributed by atoms with van der Waals surface area (Å²) in [6, 6.07) is 8.89. The molecule has 0 N–H and O–H groups in total. The van der Waals surface area contributed by atoms with Crippen molar-refractivity contribution in [2.75, 3.05) is 7.11 Å². The Bertz CT molecular complexity index is 503. The van der Waals surface area contributed by atoms with E-state index in [0.717, 1.165) is 17.6 Å². The van der Waals surface area contributed by atoms with Gasteiger partial charge in [-0.25, -0.2) is 0 Å². The van der Waals surface area contributed by atoms with E-state index < -0.39 is 0 Å². The summed E-state index contributed by atoms with van der Waals surface area (Å²) in [6.45, 7) is 0.757. The van der Waals surface area contributed by atoms with Crippen LogP contribution in [-0.2, 0) is 18.0 Å². The Morgan fingerprint density at radius 3 is 2.83 bits per heavy atom. The largest absolute Gasteiger partial charge is 0.496 e. The minimum absolute atomic E-state index is 0.367. The lowest BCUT2D eigenvalue weighted by atomic mass is 10.1. The third-order valence-corrected chi connectivity index (χ3v) is 2.52. The van der Waals surface area contributed by atoms with Gasteiger partial charge in [0, 0.05) is 11.1 Å². The quantitative estimate of drug-likeness (QED) is 0.735. The summed E-state index contributed by atoms with van der Waals surface area (Å²) in [4.78, 5) is 10.7. The molecule has 4 heteroatoms. The number of ether oxygens (including phenoxy) is 2. The first kappa shape index (κ1) is 12.4. The van der Waals surface area contributed by atoms with Crippen LogP contribution in [0.3, 0.4) is 0 Å². The van der Waals surface area contributed by atoms with Crippen molar-refractivity contribution in [2.45, 2.75) is 13.2 Å². The molecular formula is C14H14O4. The van der Waals surface area contributed by atoms with E-state index in [1.165, 1.54) is 0 Å². The highest BCUT2D eigenvalue weighted by Crippen LogP contribution is 2.20. The van der Waals surface area contributed by atoms with Crippen LogP contribution in [0.25, 0.3) is 0 Å². The number of methoxy groups -OCH3 is 1. The van der Waals surface area contributed by atoms with Gasteiger partial charge in [0.1, 0.15) is 24.4 Å². The van der Waals surface area contributed by atoms with Gasteiger partial charge in [0.15, 0.2) is 0 Å². The Kier molecular flexibility index (Phi) is 4.15. The number of furan rings is 1. The van der Waals surface area contributed by atoms with E-state index in [4.69, 9.17) is 13.9 Å². The molecule has 0 saturated carbocycles. The van der Waals surface area contributed by atoms with E-state index in [9.17, 15) is 4.79 Å². The lowest BCUT2D eigenvalue weighted by Gasteiger charge is -2.09. The Morgan fingerprint density at radius 2 is 2.17 bits per heavy atom. The zero-order valence-corrected chi connectivity index (χ0v) is 10.1. The van der Waals surface area contributed by atoms with Crippen molar-refractivity contribution >= 4 is 6.29 Å². The maximum atomic E-state index is 10.7. The molecule has 0 aliphatic carbocycles. The predicted octanol–water partition coefficient (Wildman–Crippen LogP) is 2.82. The molecule has 18 heavy (non-hydrogen) atoms. The van der Waals surface area contributed by atoms with E-state index in [1.807, 2.05) is 12.1 Å². The molecule has 1 aromatic carbocycles. The van der Waals surface area contributed by atoms with Crippen molar-refractivity contribution in [2.24, 2.45) is 0 Å². The number of carbonyl (C=O) groups is 1. The maximum Gasteiger partial charge on any atom is 0.150 e. The number of carbonyl (C=O) groups excluding carboxylic acids is 1. The van der Waals surface area contributed by atoms with Crippen LogP contribution >= 0.6 is 0 Å². The highest BCUT2D eigenvalue weighted by atomic mass is 16.5. The van der Waals surface area contributed by atoms with Gasteiger partial charge in [-0.3, -0.25) is 4.79 Å². The molecule has 0 atom stereocenters. The van der Waals surface area contributed by atoms with Crippen molar-refractivity contribution in [3.05, 3.63) is 53.5 Å². The first-order chi connectivity index (χ1) is 8.83. The lowest BCUT2D eigenvalue weighted by molar-refractivity contribution is 0.0913. The first-order valence-electron chi connectivity index (χ1n) is 5.55. The van der Waals surface area contributed by atoms with Gasteiger partial charge in [-0.2, -0.15) is 0 Å². The fourth-order valence-electron chi connectivity index (χ4n) is 1.64. The standard InChI is InChI=1S/C14H14O4/c1-16-14-5-4-11(8-15)7-12(14)9-17-10-13-3-2-6-18-13/h2-8H,9-10H2,1H3. The molecule has 1 aromatic heterocycles. The van der Waals surface area contributed by atoms with Crippen LogP contribution in [0, 0.1) is 0 Å². The number of aldehydes is 1. The zero-order chi connectivity index (χ0) is 12.8. The molecule has 0 amide bonds. The highest BCUT2D eigenvalue weighted by molar-refractivity contribution is 5.75. The van der Waals surface area contributed by atoms with Gasteiger partial charge in [0.2, 0.25) is 0 Å². The fourth-order valence-corrected chi connectivity index (χ4v) is 1.64. The molecule has 2 aromatic rings. The summed E-state index contributed by atoms with van der Waals surface area (Å²) < 4.78 is 15.9. The molecule has 1 heterocycles. The van der Waals surface area contributed by atoms with Gasteiger partial charge in [-0.05, 0) is 30.3 Å². The summed E-state index contributed by atoms with van der Waals surface area (Å²) in [5.74, 6) is 1.47. The summed E-state index contributed by atoms with van der Waals surface area (Å²) >= 11 is 0. The van der Waals surface area contributed by atoms with Crippen LogP contribution in [0.1, 0.15) is 21.7 Å². The minimum Gasteiger partial charge on any atom is -0.496 e. The lowest BCUT2D eigenvalue weighted by Crippen LogP contribution is -1.98. The normalized spacial score (nSPS) is 10.3. The first-order valence-corrected chi connectivity index (χ1v) is 5.55. The van der Waals surface area contributed by atoms with Crippen molar-refractivity contribution in [1.82, 2.24) is 0 Å². The molecule has 0 bridgehead atoms. The van der Waals surface area contributed by atoms with E-state index in [-0.39, 0.29) is 0 Å². The molecule has 0 saturated heterocycles. The second kappa shape index (κ2) is 6.02. The smallest absolute Gasteiger partial charge is 0.150 e. The Morgan fingerprint density at radius 1 is 1.28 bits per heavy atom. The molecule has 0 radical (unpaired) electrons. The van der Waals surface area contributed by atoms with Crippen LogP contribution in [0.5, 0.6) is 5.75 Å². The van der Waals surface area contributed by atoms with Gasteiger partial charge in [0.05, 0.1) is 20.0 Å². The highest BCUT2D eigenvalue weighted by Gasteiger charge is 2.05. The van der Waals surface area contributed by atoms with E-state index in [1.54, 1.807) is 31.6 Å². The van der Waals surface area contributed by atoms with Crippen molar-refractivity contribution < 1.29 is 18.7 Å². The van der Waals surface area contributed by atoms with Gasteiger partial charge in [0.25, 0.3) is 0 Å².